The van der Waals surface area contributed by atoms with Crippen molar-refractivity contribution in [3.63, 3.8) is 0 Å². The fourth-order valence-electron chi connectivity index (χ4n) is 3.02. The Balaban J connectivity index is 1.81. The summed E-state index contributed by atoms with van der Waals surface area (Å²) >= 11 is 5.94. The maximum absolute atomic E-state index is 14.1. The zero-order valence-corrected chi connectivity index (χ0v) is 15.7. The van der Waals surface area contributed by atoms with E-state index in [2.05, 4.69) is 10.4 Å². The third-order valence-corrected chi connectivity index (χ3v) is 6.04. The maximum atomic E-state index is 14.1. The second kappa shape index (κ2) is 6.68. The number of amides is 1. The quantitative estimate of drug-likeness (QED) is 0.699. The van der Waals surface area contributed by atoms with Crippen LogP contribution in [0.2, 0.25) is 5.02 Å². The molecule has 1 aliphatic rings. The van der Waals surface area contributed by atoms with Gasteiger partial charge in [0.2, 0.25) is 0 Å². The number of carbonyl (C=O) groups is 1. The van der Waals surface area contributed by atoms with Crippen LogP contribution in [0.25, 0.3) is 5.69 Å². The number of aromatic nitrogens is 2. The Morgan fingerprint density at radius 2 is 1.82 bits per heavy atom. The summed E-state index contributed by atoms with van der Waals surface area (Å²) in [5.74, 6) is -2.65. The van der Waals surface area contributed by atoms with E-state index in [1.807, 2.05) is 0 Å². The summed E-state index contributed by atoms with van der Waals surface area (Å²) in [6, 6.07) is 9.09. The standard InChI is InChI=1S/C18H12ClF2N3O3S/c19-13-2-1-3-14(21)16(13)18(25)22-17-12-8-28(26,27)9-15(12)23-24(17)11-6-4-10(20)5-7-11/h1-7H,8-9H2,(H,22,25). The number of halogens is 3. The molecule has 4 rings (SSSR count). The number of hydrogen-bond donors (Lipinski definition) is 1. The predicted molar refractivity (Wildman–Crippen MR) is 99.2 cm³/mol. The lowest BCUT2D eigenvalue weighted by Crippen LogP contribution is -2.18. The van der Waals surface area contributed by atoms with Gasteiger partial charge in [0.05, 0.1) is 33.5 Å². The highest BCUT2D eigenvalue weighted by Crippen LogP contribution is 2.33. The summed E-state index contributed by atoms with van der Waals surface area (Å²) in [4.78, 5) is 12.7. The van der Waals surface area contributed by atoms with Crippen LogP contribution in [0.5, 0.6) is 0 Å². The number of rotatable bonds is 3. The van der Waals surface area contributed by atoms with Gasteiger partial charge in [-0.05, 0) is 36.4 Å². The maximum Gasteiger partial charge on any atom is 0.261 e. The van der Waals surface area contributed by atoms with Crippen LogP contribution in [0, 0.1) is 11.6 Å². The van der Waals surface area contributed by atoms with E-state index in [-0.39, 0.29) is 33.6 Å². The molecule has 0 aliphatic carbocycles. The van der Waals surface area contributed by atoms with Gasteiger partial charge in [-0.1, -0.05) is 17.7 Å². The van der Waals surface area contributed by atoms with Crippen LogP contribution in [0.4, 0.5) is 14.6 Å². The fraction of sp³-hybridized carbons (Fsp3) is 0.111. The average molecular weight is 424 g/mol. The molecule has 0 saturated heterocycles. The molecule has 0 bridgehead atoms. The third-order valence-electron chi connectivity index (χ3n) is 4.28. The van der Waals surface area contributed by atoms with Gasteiger partial charge in [0.15, 0.2) is 9.84 Å². The summed E-state index contributed by atoms with van der Waals surface area (Å²) < 4.78 is 52.6. The lowest BCUT2D eigenvalue weighted by Gasteiger charge is -2.12. The highest BCUT2D eigenvalue weighted by Gasteiger charge is 2.33. The van der Waals surface area contributed by atoms with Crippen molar-refractivity contribution in [3.05, 3.63) is 75.9 Å². The van der Waals surface area contributed by atoms with Crippen LogP contribution in [0.15, 0.2) is 42.5 Å². The molecule has 0 atom stereocenters. The van der Waals surface area contributed by atoms with Crippen LogP contribution in [-0.2, 0) is 21.3 Å². The Hall–Kier alpha value is -2.78. The lowest BCUT2D eigenvalue weighted by atomic mass is 10.2. The summed E-state index contributed by atoms with van der Waals surface area (Å²) in [6.45, 7) is 0. The van der Waals surface area contributed by atoms with Crippen LogP contribution >= 0.6 is 11.6 Å². The van der Waals surface area contributed by atoms with Crippen molar-refractivity contribution in [1.29, 1.82) is 0 Å². The minimum absolute atomic E-state index is 0.0759. The lowest BCUT2D eigenvalue weighted by molar-refractivity contribution is 0.102. The second-order valence-electron chi connectivity index (χ2n) is 6.25. The number of anilines is 1. The molecule has 28 heavy (non-hydrogen) atoms. The number of hydrogen-bond acceptors (Lipinski definition) is 4. The van der Waals surface area contributed by atoms with Crippen molar-refractivity contribution in [3.8, 4) is 5.69 Å². The molecule has 0 radical (unpaired) electrons. The van der Waals surface area contributed by atoms with E-state index in [1.54, 1.807) is 0 Å². The molecule has 10 heteroatoms. The highest BCUT2D eigenvalue weighted by molar-refractivity contribution is 7.90. The average Bonchev–Trinajstić information content (AvgIpc) is 3.08. The van der Waals surface area contributed by atoms with E-state index in [4.69, 9.17) is 11.6 Å². The molecule has 3 aromatic rings. The topological polar surface area (TPSA) is 81.1 Å². The van der Waals surface area contributed by atoms with Gasteiger partial charge in [0, 0.05) is 5.56 Å². The van der Waals surface area contributed by atoms with Crippen LogP contribution in [-0.4, -0.2) is 24.1 Å². The molecule has 2 aromatic carbocycles. The first-order chi connectivity index (χ1) is 13.2. The largest absolute Gasteiger partial charge is 0.306 e. The van der Waals surface area contributed by atoms with Crippen molar-refractivity contribution >= 4 is 33.2 Å². The van der Waals surface area contributed by atoms with Gasteiger partial charge >= 0.3 is 0 Å². The number of carbonyl (C=O) groups excluding carboxylic acids is 1. The molecule has 0 unspecified atom stereocenters. The molecule has 0 spiro atoms. The Kier molecular flexibility index (Phi) is 4.43. The smallest absolute Gasteiger partial charge is 0.261 e. The van der Waals surface area contributed by atoms with Gasteiger partial charge in [-0.15, -0.1) is 0 Å². The summed E-state index contributed by atoms with van der Waals surface area (Å²) in [5.41, 5.74) is 0.623. The van der Waals surface area contributed by atoms with Crippen molar-refractivity contribution in [2.45, 2.75) is 11.5 Å². The van der Waals surface area contributed by atoms with Gasteiger partial charge in [0.25, 0.3) is 5.91 Å². The first kappa shape index (κ1) is 18.6. The van der Waals surface area contributed by atoms with Crippen LogP contribution in [0.1, 0.15) is 21.6 Å². The molecule has 6 nitrogen and oxygen atoms in total. The number of nitrogens with zero attached hydrogens (tertiary/aromatic N) is 2. The van der Waals surface area contributed by atoms with E-state index in [1.165, 1.54) is 41.1 Å². The Morgan fingerprint density at radius 3 is 2.50 bits per heavy atom. The van der Waals surface area contributed by atoms with Crippen molar-refractivity contribution in [2.75, 3.05) is 5.32 Å². The predicted octanol–water partition coefficient (Wildman–Crippen LogP) is 3.48. The molecule has 1 aromatic heterocycles. The minimum Gasteiger partial charge on any atom is -0.306 e. The molecule has 1 N–H and O–H groups in total. The van der Waals surface area contributed by atoms with E-state index in [0.717, 1.165) is 6.07 Å². The second-order valence-corrected chi connectivity index (χ2v) is 8.72. The first-order valence-corrected chi connectivity index (χ1v) is 10.3. The fourth-order valence-corrected chi connectivity index (χ4v) is 4.77. The highest BCUT2D eigenvalue weighted by atomic mass is 35.5. The third kappa shape index (κ3) is 3.27. The number of sulfone groups is 1. The van der Waals surface area contributed by atoms with Gasteiger partial charge in [-0.3, -0.25) is 4.79 Å². The number of nitrogens with one attached hydrogen (secondary N) is 1. The minimum atomic E-state index is -3.39. The first-order valence-electron chi connectivity index (χ1n) is 8.08. The van der Waals surface area contributed by atoms with Crippen LogP contribution in [0.3, 0.4) is 0 Å². The zero-order chi connectivity index (χ0) is 20.1. The summed E-state index contributed by atoms with van der Waals surface area (Å²) in [7, 11) is -3.39. The van der Waals surface area contributed by atoms with E-state index < -0.39 is 27.4 Å². The van der Waals surface area contributed by atoms with Gasteiger partial charge in [0.1, 0.15) is 17.5 Å². The molecule has 1 aliphatic heterocycles. The molecule has 0 saturated carbocycles. The normalized spacial score (nSPS) is 14.7. The SMILES string of the molecule is O=C(Nc1c2c(nn1-c1ccc(F)cc1)CS(=O)(=O)C2)c1c(F)cccc1Cl. The van der Waals surface area contributed by atoms with Gasteiger partial charge in [-0.2, -0.15) is 5.10 Å². The molecule has 2 heterocycles. The van der Waals surface area contributed by atoms with Crippen LogP contribution < -0.4 is 5.32 Å². The zero-order valence-electron chi connectivity index (χ0n) is 14.1. The van der Waals surface area contributed by atoms with Crippen molar-refractivity contribution < 1.29 is 22.0 Å². The van der Waals surface area contributed by atoms with Gasteiger partial charge < -0.3 is 5.32 Å². The molecular weight excluding hydrogens is 412 g/mol. The summed E-state index contributed by atoms with van der Waals surface area (Å²) in [6.07, 6.45) is 0. The number of benzene rings is 2. The monoisotopic (exact) mass is 423 g/mol. The van der Waals surface area contributed by atoms with Gasteiger partial charge in [-0.25, -0.2) is 21.9 Å². The Morgan fingerprint density at radius 1 is 1.11 bits per heavy atom. The number of fused-ring (bicyclic) bond motifs is 1. The Bertz CT molecular complexity index is 1190. The van der Waals surface area contributed by atoms with E-state index in [9.17, 15) is 22.0 Å². The summed E-state index contributed by atoms with van der Waals surface area (Å²) in [5, 5.41) is 6.68. The molecular formula is C18H12ClF2N3O3S. The van der Waals surface area contributed by atoms with E-state index in [0.29, 0.717) is 11.3 Å². The van der Waals surface area contributed by atoms with E-state index >= 15 is 0 Å². The molecule has 144 valence electrons. The Labute approximate surface area is 163 Å². The van der Waals surface area contributed by atoms with Crippen molar-refractivity contribution in [2.24, 2.45) is 0 Å². The molecule has 1 amide bonds. The molecule has 0 fully saturated rings. The van der Waals surface area contributed by atoms with Crippen molar-refractivity contribution in [1.82, 2.24) is 9.78 Å².